The van der Waals surface area contributed by atoms with Crippen molar-refractivity contribution < 1.29 is 4.74 Å². The van der Waals surface area contributed by atoms with E-state index in [1.807, 2.05) is 0 Å². The topological polar surface area (TPSA) is 9.23 Å². The van der Waals surface area contributed by atoms with Crippen molar-refractivity contribution in [3.05, 3.63) is 0 Å². The van der Waals surface area contributed by atoms with E-state index < -0.39 is 0 Å². The van der Waals surface area contributed by atoms with Gasteiger partial charge in [-0.25, -0.2) is 0 Å². The Morgan fingerprint density at radius 3 is 2.22 bits per heavy atom. The molecule has 0 N–H and O–H groups in total. The molecule has 0 heterocycles. The van der Waals surface area contributed by atoms with Crippen molar-refractivity contribution in [2.45, 2.75) is 103 Å². The molecule has 3 rings (SSSR count). The molecule has 6 atom stereocenters. The van der Waals surface area contributed by atoms with Gasteiger partial charge in [0, 0.05) is 6.61 Å². The van der Waals surface area contributed by atoms with E-state index in [1.165, 1.54) is 64.2 Å². The van der Waals surface area contributed by atoms with Gasteiger partial charge in [0.2, 0.25) is 0 Å². The molecule has 1 heteroatoms. The van der Waals surface area contributed by atoms with E-state index in [2.05, 4.69) is 13.8 Å². The monoisotopic (exact) mass is 320 g/mol. The molecule has 23 heavy (non-hydrogen) atoms. The van der Waals surface area contributed by atoms with Crippen LogP contribution in [0.2, 0.25) is 0 Å². The van der Waals surface area contributed by atoms with Crippen molar-refractivity contribution in [1.82, 2.24) is 0 Å². The fraction of sp³-hybridized carbons (Fsp3) is 1.00. The van der Waals surface area contributed by atoms with Crippen molar-refractivity contribution >= 4 is 0 Å². The highest BCUT2D eigenvalue weighted by molar-refractivity contribution is 4.94. The minimum Gasteiger partial charge on any atom is -0.378 e. The van der Waals surface area contributed by atoms with E-state index in [0.29, 0.717) is 6.10 Å². The van der Waals surface area contributed by atoms with Crippen LogP contribution in [0.4, 0.5) is 0 Å². The zero-order valence-corrected chi connectivity index (χ0v) is 15.8. The van der Waals surface area contributed by atoms with Crippen molar-refractivity contribution in [3.63, 3.8) is 0 Å². The largest absolute Gasteiger partial charge is 0.378 e. The Morgan fingerprint density at radius 2 is 1.48 bits per heavy atom. The molecule has 0 radical (unpaired) electrons. The molecule has 0 bridgehead atoms. The van der Waals surface area contributed by atoms with E-state index in [9.17, 15) is 0 Å². The lowest BCUT2D eigenvalue weighted by molar-refractivity contribution is -0.0531. The second-order valence-corrected chi connectivity index (χ2v) is 8.91. The first-order chi connectivity index (χ1) is 11.3. The van der Waals surface area contributed by atoms with Gasteiger partial charge in [-0.05, 0) is 81.0 Å². The van der Waals surface area contributed by atoms with Crippen molar-refractivity contribution in [2.24, 2.45) is 29.6 Å². The van der Waals surface area contributed by atoms with E-state index in [4.69, 9.17) is 4.74 Å². The van der Waals surface area contributed by atoms with Crippen molar-refractivity contribution in [2.75, 3.05) is 6.61 Å². The van der Waals surface area contributed by atoms with Gasteiger partial charge < -0.3 is 4.74 Å². The summed E-state index contributed by atoms with van der Waals surface area (Å²) in [6.07, 6.45) is 19.6. The summed E-state index contributed by atoms with van der Waals surface area (Å²) in [5.74, 6) is 5.31. The number of hydrogen-bond donors (Lipinski definition) is 0. The van der Waals surface area contributed by atoms with E-state index in [1.54, 1.807) is 19.3 Å². The fourth-order valence-corrected chi connectivity index (χ4v) is 6.23. The van der Waals surface area contributed by atoms with Gasteiger partial charge in [-0.1, -0.05) is 46.0 Å². The molecule has 0 aromatic rings. The predicted molar refractivity (Wildman–Crippen MR) is 98.6 cm³/mol. The first kappa shape index (κ1) is 17.8. The summed E-state index contributed by atoms with van der Waals surface area (Å²) in [4.78, 5) is 0. The van der Waals surface area contributed by atoms with Crippen molar-refractivity contribution in [1.29, 1.82) is 0 Å². The third kappa shape index (κ3) is 4.53. The van der Waals surface area contributed by atoms with Gasteiger partial charge in [0.15, 0.2) is 0 Å². The number of ether oxygens (including phenoxy) is 1. The SMILES string of the molecule is CCCCCC1CCC2C(CCC3CC(OCCC)CCC32)C1. The average molecular weight is 321 g/mol. The highest BCUT2D eigenvalue weighted by Gasteiger charge is 2.44. The minimum atomic E-state index is 0.595. The van der Waals surface area contributed by atoms with E-state index in [0.717, 1.165) is 36.2 Å². The fourth-order valence-electron chi connectivity index (χ4n) is 6.23. The second-order valence-electron chi connectivity index (χ2n) is 8.91. The molecule has 0 aliphatic heterocycles. The number of fused-ring (bicyclic) bond motifs is 3. The van der Waals surface area contributed by atoms with Gasteiger partial charge in [0.25, 0.3) is 0 Å². The Kier molecular flexibility index (Phi) is 6.86. The molecule has 3 fully saturated rings. The summed E-state index contributed by atoms with van der Waals surface area (Å²) in [7, 11) is 0. The zero-order valence-electron chi connectivity index (χ0n) is 15.8. The standard InChI is InChI=1S/C22H40O/c1-3-5-6-7-17-8-12-21-18(15-17)9-10-19-16-20(23-14-4-2)11-13-22(19)21/h17-22H,3-16H2,1-2H3. The third-order valence-corrected chi connectivity index (χ3v) is 7.37. The molecule has 0 spiro atoms. The molecule has 0 saturated heterocycles. The lowest BCUT2D eigenvalue weighted by Gasteiger charge is -2.50. The Balaban J connectivity index is 1.47. The number of rotatable bonds is 7. The van der Waals surface area contributed by atoms with Crippen LogP contribution >= 0.6 is 0 Å². The molecular formula is C22H40O. The highest BCUT2D eigenvalue weighted by atomic mass is 16.5. The van der Waals surface area contributed by atoms with Crippen LogP contribution < -0.4 is 0 Å². The van der Waals surface area contributed by atoms with Crippen LogP contribution in [0.15, 0.2) is 0 Å². The molecule has 134 valence electrons. The Labute approximate surface area is 144 Å². The van der Waals surface area contributed by atoms with Gasteiger partial charge in [-0.15, -0.1) is 0 Å². The maximum atomic E-state index is 6.09. The van der Waals surface area contributed by atoms with Gasteiger partial charge in [-0.2, -0.15) is 0 Å². The molecule has 3 saturated carbocycles. The van der Waals surface area contributed by atoms with Crippen LogP contribution in [-0.4, -0.2) is 12.7 Å². The summed E-state index contributed by atoms with van der Waals surface area (Å²) in [5, 5.41) is 0. The van der Waals surface area contributed by atoms with Gasteiger partial charge >= 0.3 is 0 Å². The smallest absolute Gasteiger partial charge is 0.0578 e. The molecular weight excluding hydrogens is 280 g/mol. The minimum absolute atomic E-state index is 0.595. The lowest BCUT2D eigenvalue weighted by Crippen LogP contribution is -2.42. The summed E-state index contributed by atoms with van der Waals surface area (Å²) in [6.45, 7) is 5.54. The highest BCUT2D eigenvalue weighted by Crippen LogP contribution is 2.53. The zero-order chi connectivity index (χ0) is 16.1. The quantitative estimate of drug-likeness (QED) is 0.480. The third-order valence-electron chi connectivity index (χ3n) is 7.37. The normalized spacial score (nSPS) is 40.4. The Bertz CT molecular complexity index is 339. The molecule has 6 unspecified atom stereocenters. The van der Waals surface area contributed by atoms with Crippen LogP contribution in [0.1, 0.15) is 97.3 Å². The van der Waals surface area contributed by atoms with Crippen LogP contribution in [0, 0.1) is 29.6 Å². The van der Waals surface area contributed by atoms with E-state index >= 15 is 0 Å². The summed E-state index contributed by atoms with van der Waals surface area (Å²) >= 11 is 0. The van der Waals surface area contributed by atoms with Gasteiger partial charge in [0.05, 0.1) is 6.10 Å². The van der Waals surface area contributed by atoms with Crippen LogP contribution in [-0.2, 0) is 4.74 Å². The number of unbranched alkanes of at least 4 members (excludes halogenated alkanes) is 2. The van der Waals surface area contributed by atoms with E-state index in [-0.39, 0.29) is 0 Å². The lowest BCUT2D eigenvalue weighted by atomic mass is 9.56. The van der Waals surface area contributed by atoms with Crippen LogP contribution in [0.3, 0.4) is 0 Å². The summed E-state index contributed by atoms with van der Waals surface area (Å²) < 4.78 is 6.09. The van der Waals surface area contributed by atoms with Crippen LogP contribution in [0.25, 0.3) is 0 Å². The first-order valence-electron chi connectivity index (χ1n) is 10.9. The molecule has 3 aliphatic rings. The average Bonchev–Trinajstić information content (AvgIpc) is 2.59. The van der Waals surface area contributed by atoms with Crippen LogP contribution in [0.5, 0.6) is 0 Å². The number of hydrogen-bond acceptors (Lipinski definition) is 1. The maximum Gasteiger partial charge on any atom is 0.0578 e. The summed E-state index contributed by atoms with van der Waals surface area (Å²) in [5.41, 5.74) is 0. The predicted octanol–water partition coefficient (Wildman–Crippen LogP) is 6.60. The molecule has 0 aromatic heterocycles. The molecule has 0 aromatic carbocycles. The Morgan fingerprint density at radius 1 is 0.739 bits per heavy atom. The van der Waals surface area contributed by atoms with Gasteiger partial charge in [0.1, 0.15) is 0 Å². The molecule has 1 nitrogen and oxygen atoms in total. The Hall–Kier alpha value is -0.0400. The molecule has 0 amide bonds. The second kappa shape index (κ2) is 8.88. The van der Waals surface area contributed by atoms with Gasteiger partial charge in [-0.3, -0.25) is 0 Å². The summed E-state index contributed by atoms with van der Waals surface area (Å²) in [6, 6.07) is 0. The van der Waals surface area contributed by atoms with Crippen molar-refractivity contribution in [3.8, 4) is 0 Å². The first-order valence-corrected chi connectivity index (χ1v) is 10.9. The molecule has 3 aliphatic carbocycles. The maximum absolute atomic E-state index is 6.09.